The van der Waals surface area contributed by atoms with E-state index in [4.69, 9.17) is 19.9 Å². The van der Waals surface area contributed by atoms with Crippen molar-refractivity contribution in [1.82, 2.24) is 19.9 Å². The molecule has 0 aliphatic carbocycles. The zero-order valence-corrected chi connectivity index (χ0v) is 22.6. The average Bonchev–Trinajstić information content (AvgIpc) is 3.05. The quantitative estimate of drug-likeness (QED) is 0.224. The lowest BCUT2D eigenvalue weighted by molar-refractivity contribution is 1.07. The molecule has 0 aliphatic rings. The second-order valence-corrected chi connectivity index (χ2v) is 10.1. The fraction of sp³-hybridized carbons (Fsp3) is 0.0270. The molecule has 4 heteroatoms. The van der Waals surface area contributed by atoms with Crippen molar-refractivity contribution < 1.29 is 0 Å². The fourth-order valence-electron chi connectivity index (χ4n) is 5.08. The molecule has 0 spiro atoms. The van der Waals surface area contributed by atoms with Crippen molar-refractivity contribution in [3.63, 3.8) is 0 Å². The van der Waals surface area contributed by atoms with Crippen molar-refractivity contribution in [2.75, 3.05) is 0 Å². The lowest BCUT2D eigenvalue weighted by Crippen LogP contribution is -2.00. The van der Waals surface area contributed by atoms with Gasteiger partial charge >= 0.3 is 0 Å². The standard InChI is InChI=1S/C37H26N4/c1-25-11-10-18-34(38-25)32-22-31(30-20-19-26-12-8-9-17-29(26)21-30)23-33(24-32)37-40-35(27-13-4-2-5-14-27)39-36(41-37)28-15-6-3-7-16-28/h2-24H,1H3. The maximum Gasteiger partial charge on any atom is 0.164 e. The molecule has 0 amide bonds. The van der Waals surface area contributed by atoms with Crippen LogP contribution in [0.4, 0.5) is 0 Å². The van der Waals surface area contributed by atoms with Gasteiger partial charge in [0, 0.05) is 27.9 Å². The monoisotopic (exact) mass is 526 g/mol. The van der Waals surface area contributed by atoms with Crippen LogP contribution in [0, 0.1) is 6.92 Å². The minimum Gasteiger partial charge on any atom is -0.253 e. The first kappa shape index (κ1) is 24.6. The van der Waals surface area contributed by atoms with E-state index in [1.165, 1.54) is 10.8 Å². The highest BCUT2D eigenvalue weighted by atomic mass is 15.0. The number of hydrogen-bond donors (Lipinski definition) is 0. The van der Waals surface area contributed by atoms with E-state index in [1.807, 2.05) is 79.7 Å². The van der Waals surface area contributed by atoms with Crippen LogP contribution in [0.5, 0.6) is 0 Å². The molecule has 0 saturated carbocycles. The number of rotatable bonds is 5. The smallest absolute Gasteiger partial charge is 0.164 e. The molecule has 0 saturated heterocycles. The largest absolute Gasteiger partial charge is 0.253 e. The summed E-state index contributed by atoms with van der Waals surface area (Å²) in [6, 6.07) is 47.7. The Balaban J connectivity index is 1.46. The first-order chi connectivity index (χ1) is 20.2. The molecule has 0 radical (unpaired) electrons. The van der Waals surface area contributed by atoms with Crippen LogP contribution in [0.2, 0.25) is 0 Å². The molecule has 5 aromatic carbocycles. The topological polar surface area (TPSA) is 51.6 Å². The SMILES string of the molecule is Cc1cccc(-c2cc(-c3ccc4ccccc4c3)cc(-c3nc(-c4ccccc4)nc(-c4ccccc4)n3)c2)n1. The van der Waals surface area contributed by atoms with E-state index in [0.717, 1.165) is 44.8 Å². The van der Waals surface area contributed by atoms with Crippen molar-refractivity contribution >= 4 is 10.8 Å². The van der Waals surface area contributed by atoms with E-state index in [9.17, 15) is 0 Å². The van der Waals surface area contributed by atoms with E-state index < -0.39 is 0 Å². The average molecular weight is 527 g/mol. The van der Waals surface area contributed by atoms with Gasteiger partial charge in [-0.05, 0) is 65.2 Å². The predicted molar refractivity (Wildman–Crippen MR) is 167 cm³/mol. The molecule has 7 rings (SSSR count). The summed E-state index contributed by atoms with van der Waals surface area (Å²) in [7, 11) is 0. The van der Waals surface area contributed by atoms with Crippen molar-refractivity contribution in [2.45, 2.75) is 6.92 Å². The Kier molecular flexibility index (Phi) is 6.34. The zero-order chi connectivity index (χ0) is 27.6. The maximum atomic E-state index is 4.99. The third-order valence-electron chi connectivity index (χ3n) is 7.16. The minimum atomic E-state index is 0.620. The lowest BCUT2D eigenvalue weighted by Gasteiger charge is -2.13. The van der Waals surface area contributed by atoms with E-state index in [0.29, 0.717) is 17.5 Å². The number of aromatic nitrogens is 4. The van der Waals surface area contributed by atoms with Gasteiger partial charge in [0.2, 0.25) is 0 Å². The van der Waals surface area contributed by atoms with Gasteiger partial charge in [0.05, 0.1) is 5.69 Å². The second-order valence-electron chi connectivity index (χ2n) is 10.1. The number of benzene rings is 5. The van der Waals surface area contributed by atoms with Crippen molar-refractivity contribution in [2.24, 2.45) is 0 Å². The Labute approximate surface area is 239 Å². The molecule has 0 aliphatic heterocycles. The zero-order valence-electron chi connectivity index (χ0n) is 22.6. The highest BCUT2D eigenvalue weighted by Gasteiger charge is 2.15. The van der Waals surface area contributed by atoms with Crippen LogP contribution >= 0.6 is 0 Å². The Bertz CT molecular complexity index is 1940. The molecule has 0 unspecified atom stereocenters. The third kappa shape index (κ3) is 5.11. The van der Waals surface area contributed by atoms with Crippen molar-refractivity contribution in [3.05, 3.63) is 145 Å². The molecule has 0 atom stereocenters. The minimum absolute atomic E-state index is 0.620. The van der Waals surface area contributed by atoms with Gasteiger partial charge in [-0.3, -0.25) is 4.98 Å². The maximum absolute atomic E-state index is 4.99. The van der Waals surface area contributed by atoms with Crippen molar-refractivity contribution in [3.8, 4) is 56.5 Å². The first-order valence-corrected chi connectivity index (χ1v) is 13.7. The summed E-state index contributed by atoms with van der Waals surface area (Å²) in [4.78, 5) is 19.7. The van der Waals surface area contributed by atoms with Gasteiger partial charge in [0.1, 0.15) is 0 Å². The molecule has 2 aromatic heterocycles. The first-order valence-electron chi connectivity index (χ1n) is 13.7. The van der Waals surface area contributed by atoms with Crippen LogP contribution in [0.15, 0.2) is 140 Å². The van der Waals surface area contributed by atoms with Gasteiger partial charge in [-0.25, -0.2) is 15.0 Å². The van der Waals surface area contributed by atoms with Crippen LogP contribution in [0.25, 0.3) is 67.3 Å². The van der Waals surface area contributed by atoms with E-state index in [1.54, 1.807) is 0 Å². The van der Waals surface area contributed by atoms with E-state index >= 15 is 0 Å². The van der Waals surface area contributed by atoms with E-state index in [-0.39, 0.29) is 0 Å². The Morgan fingerprint density at radius 1 is 0.341 bits per heavy atom. The van der Waals surface area contributed by atoms with Crippen LogP contribution in [0.1, 0.15) is 5.69 Å². The van der Waals surface area contributed by atoms with Crippen LogP contribution < -0.4 is 0 Å². The molecule has 194 valence electrons. The molecule has 4 nitrogen and oxygen atoms in total. The van der Waals surface area contributed by atoms with Gasteiger partial charge in [0.15, 0.2) is 17.5 Å². The summed E-state index contributed by atoms with van der Waals surface area (Å²) in [5.41, 5.74) is 7.89. The normalized spacial score (nSPS) is 11.0. The summed E-state index contributed by atoms with van der Waals surface area (Å²) in [6.45, 7) is 2.02. The Hall–Kier alpha value is -5.48. The lowest BCUT2D eigenvalue weighted by atomic mass is 9.96. The number of hydrogen-bond acceptors (Lipinski definition) is 4. The number of aryl methyl sites for hydroxylation is 1. The van der Waals surface area contributed by atoms with Crippen molar-refractivity contribution in [1.29, 1.82) is 0 Å². The van der Waals surface area contributed by atoms with Crippen LogP contribution in [-0.2, 0) is 0 Å². The van der Waals surface area contributed by atoms with Gasteiger partial charge in [-0.2, -0.15) is 0 Å². The summed E-state index contributed by atoms with van der Waals surface area (Å²) >= 11 is 0. The predicted octanol–water partition coefficient (Wildman–Crippen LogP) is 9.06. The molecule has 0 bridgehead atoms. The fourth-order valence-corrected chi connectivity index (χ4v) is 5.08. The second kappa shape index (κ2) is 10.6. The summed E-state index contributed by atoms with van der Waals surface area (Å²) in [5, 5.41) is 2.41. The highest BCUT2D eigenvalue weighted by molar-refractivity contribution is 5.89. The Morgan fingerprint density at radius 2 is 0.902 bits per heavy atom. The van der Waals surface area contributed by atoms with Gasteiger partial charge in [0.25, 0.3) is 0 Å². The molecular formula is C37H26N4. The molecule has 0 fully saturated rings. The summed E-state index contributed by atoms with van der Waals surface area (Å²) in [6.07, 6.45) is 0. The molecule has 7 aromatic rings. The third-order valence-corrected chi connectivity index (χ3v) is 7.16. The van der Waals surface area contributed by atoms with Gasteiger partial charge in [-0.1, -0.05) is 103 Å². The summed E-state index contributed by atoms with van der Waals surface area (Å²) in [5.74, 6) is 1.90. The molecular weight excluding hydrogens is 500 g/mol. The highest BCUT2D eigenvalue weighted by Crippen LogP contribution is 2.34. The Morgan fingerprint density at radius 3 is 1.56 bits per heavy atom. The van der Waals surface area contributed by atoms with E-state index in [2.05, 4.69) is 66.7 Å². The molecule has 41 heavy (non-hydrogen) atoms. The number of pyridine rings is 1. The van der Waals surface area contributed by atoms with Crippen LogP contribution in [0.3, 0.4) is 0 Å². The molecule has 0 N–H and O–H groups in total. The van der Waals surface area contributed by atoms with Gasteiger partial charge < -0.3 is 0 Å². The summed E-state index contributed by atoms with van der Waals surface area (Å²) < 4.78 is 0. The number of fused-ring (bicyclic) bond motifs is 1. The van der Waals surface area contributed by atoms with Crippen LogP contribution in [-0.4, -0.2) is 19.9 Å². The van der Waals surface area contributed by atoms with Gasteiger partial charge in [-0.15, -0.1) is 0 Å². The molecule has 2 heterocycles. The number of nitrogens with zero attached hydrogens (tertiary/aromatic N) is 4.